The molecule has 26 heavy (non-hydrogen) atoms. The van der Waals surface area contributed by atoms with E-state index in [1.807, 2.05) is 20.8 Å². The Balaban J connectivity index is 0. The molecule has 160 valence electrons. The van der Waals surface area contributed by atoms with Crippen LogP contribution in [0.25, 0.3) is 0 Å². The van der Waals surface area contributed by atoms with Gasteiger partial charge in [-0.25, -0.2) is 0 Å². The Kier molecular flexibility index (Phi) is 18.9. The van der Waals surface area contributed by atoms with Crippen molar-refractivity contribution >= 4 is 12.4 Å². The third-order valence-electron chi connectivity index (χ3n) is 5.71. The molecule has 0 amide bonds. The fourth-order valence-corrected chi connectivity index (χ4v) is 3.32. The first-order valence-corrected chi connectivity index (χ1v) is 11.3. The monoisotopic (exact) mass is 391 g/mol. The van der Waals surface area contributed by atoms with Crippen LogP contribution in [0.3, 0.4) is 0 Å². The van der Waals surface area contributed by atoms with Crippen molar-refractivity contribution in [2.24, 2.45) is 11.1 Å². The predicted molar refractivity (Wildman–Crippen MR) is 120 cm³/mol. The average molecular weight is 392 g/mol. The lowest BCUT2D eigenvalue weighted by Gasteiger charge is -2.36. The zero-order valence-electron chi connectivity index (χ0n) is 18.5. The smallest absolute Gasteiger partial charge is 0.118 e. The minimum absolute atomic E-state index is 0. The highest BCUT2D eigenvalue weighted by Gasteiger charge is 2.35. The molecule has 3 heteroatoms. The van der Waals surface area contributed by atoms with Crippen molar-refractivity contribution in [1.82, 2.24) is 0 Å². The third kappa shape index (κ3) is 16.4. The molecule has 0 bridgehead atoms. The van der Waals surface area contributed by atoms with Crippen LogP contribution in [0.15, 0.2) is 0 Å². The summed E-state index contributed by atoms with van der Waals surface area (Å²) in [5.41, 5.74) is 4.75. The van der Waals surface area contributed by atoms with Crippen LogP contribution in [-0.4, -0.2) is 10.8 Å². The number of nitrogens with two attached hydrogens (primary N) is 1. The van der Waals surface area contributed by atoms with Crippen molar-refractivity contribution < 1.29 is 5.11 Å². The van der Waals surface area contributed by atoms with Gasteiger partial charge in [0.25, 0.3) is 0 Å². The molecule has 3 N–H and O–H groups in total. The van der Waals surface area contributed by atoms with E-state index in [9.17, 15) is 5.11 Å². The van der Waals surface area contributed by atoms with Crippen LogP contribution >= 0.6 is 12.4 Å². The van der Waals surface area contributed by atoms with Gasteiger partial charge in [-0.15, -0.1) is 12.4 Å². The Morgan fingerprint density at radius 2 is 0.846 bits per heavy atom. The Labute approximate surface area is 171 Å². The summed E-state index contributed by atoms with van der Waals surface area (Å²) in [5.74, 6) is 0. The number of hydrogen-bond acceptors (Lipinski definition) is 2. The van der Waals surface area contributed by atoms with E-state index in [2.05, 4.69) is 6.92 Å². The first kappa shape index (κ1) is 28.4. The summed E-state index contributed by atoms with van der Waals surface area (Å²) in [5, 5.41) is 10.2. The van der Waals surface area contributed by atoms with E-state index in [4.69, 9.17) is 5.73 Å². The summed E-state index contributed by atoms with van der Waals surface area (Å²) in [6.07, 6.45) is 22.7. The summed E-state index contributed by atoms with van der Waals surface area (Å²) < 4.78 is 0. The lowest BCUT2D eigenvalue weighted by molar-refractivity contribution is -0.0609. The van der Waals surface area contributed by atoms with Crippen LogP contribution in [0.1, 0.15) is 137 Å². The van der Waals surface area contributed by atoms with Crippen molar-refractivity contribution in [1.29, 1.82) is 0 Å². The minimum atomic E-state index is -1.02. The summed E-state index contributed by atoms with van der Waals surface area (Å²) in [7, 11) is 0. The summed E-state index contributed by atoms with van der Waals surface area (Å²) in [6.45, 7) is 8.32. The van der Waals surface area contributed by atoms with Crippen molar-refractivity contribution in [2.75, 3.05) is 0 Å². The topological polar surface area (TPSA) is 46.2 Å². The van der Waals surface area contributed by atoms with Gasteiger partial charge in [0.15, 0.2) is 0 Å². The molecule has 0 spiro atoms. The second-order valence-corrected chi connectivity index (χ2v) is 9.23. The van der Waals surface area contributed by atoms with E-state index >= 15 is 0 Å². The van der Waals surface area contributed by atoms with Crippen molar-refractivity contribution in [3.63, 3.8) is 0 Å². The molecule has 0 aromatic heterocycles. The average Bonchev–Trinajstić information content (AvgIpc) is 2.53. The Morgan fingerprint density at radius 1 is 0.577 bits per heavy atom. The summed E-state index contributed by atoms with van der Waals surface area (Å²) in [4.78, 5) is 0. The van der Waals surface area contributed by atoms with E-state index in [0.717, 1.165) is 12.8 Å². The first-order chi connectivity index (χ1) is 11.8. The molecule has 0 heterocycles. The molecule has 0 aromatic carbocycles. The zero-order valence-corrected chi connectivity index (χ0v) is 19.3. The van der Waals surface area contributed by atoms with Crippen LogP contribution in [0.2, 0.25) is 0 Å². The van der Waals surface area contributed by atoms with Gasteiger partial charge in [-0.2, -0.15) is 0 Å². The van der Waals surface area contributed by atoms with E-state index in [-0.39, 0.29) is 17.8 Å². The number of halogens is 1. The Morgan fingerprint density at radius 3 is 1.12 bits per heavy atom. The molecular formula is C23H50ClNO. The van der Waals surface area contributed by atoms with Crippen LogP contribution < -0.4 is 5.73 Å². The summed E-state index contributed by atoms with van der Waals surface area (Å²) in [6, 6.07) is 0. The molecule has 1 unspecified atom stereocenters. The highest BCUT2D eigenvalue weighted by atomic mass is 35.5. The van der Waals surface area contributed by atoms with Crippen LogP contribution in [0, 0.1) is 5.41 Å². The highest BCUT2D eigenvalue weighted by molar-refractivity contribution is 5.85. The van der Waals surface area contributed by atoms with Gasteiger partial charge in [-0.05, 0) is 12.8 Å². The molecule has 0 saturated carbocycles. The van der Waals surface area contributed by atoms with E-state index in [1.165, 1.54) is 96.3 Å². The fourth-order valence-electron chi connectivity index (χ4n) is 3.32. The van der Waals surface area contributed by atoms with Crippen molar-refractivity contribution in [3.8, 4) is 0 Å². The molecule has 0 aliphatic carbocycles. The van der Waals surface area contributed by atoms with E-state index < -0.39 is 5.72 Å². The van der Waals surface area contributed by atoms with E-state index in [1.54, 1.807) is 0 Å². The first-order valence-electron chi connectivity index (χ1n) is 11.3. The standard InChI is InChI=1S/C23H49NO.ClH/c1-5-6-7-8-9-10-11-12-13-14-15-16-17-18-19-20-21-23(24,25)22(2,3)4;/h25H,5-21,24H2,1-4H3;1H. The lowest BCUT2D eigenvalue weighted by Crippen LogP contribution is -2.51. The Bertz CT molecular complexity index is 286. The van der Waals surface area contributed by atoms with Crippen molar-refractivity contribution in [2.45, 2.75) is 143 Å². The van der Waals surface area contributed by atoms with Crippen LogP contribution in [0.4, 0.5) is 0 Å². The molecule has 0 aliphatic heterocycles. The molecule has 0 radical (unpaired) electrons. The maximum atomic E-state index is 10.2. The molecule has 0 saturated heterocycles. The third-order valence-corrected chi connectivity index (χ3v) is 5.71. The number of aliphatic hydroxyl groups is 1. The van der Waals surface area contributed by atoms with Crippen LogP contribution in [-0.2, 0) is 0 Å². The molecule has 2 nitrogen and oxygen atoms in total. The van der Waals surface area contributed by atoms with Gasteiger partial charge in [-0.3, -0.25) is 0 Å². The highest BCUT2D eigenvalue weighted by Crippen LogP contribution is 2.30. The molecule has 0 aliphatic rings. The molecule has 1 atom stereocenters. The number of unbranched alkanes of at least 4 members (excludes halogenated alkanes) is 15. The van der Waals surface area contributed by atoms with Gasteiger partial charge in [0, 0.05) is 5.41 Å². The SMILES string of the molecule is CCCCCCCCCCCCCCCCCCC(N)(O)C(C)(C)C.Cl. The Hall–Kier alpha value is 0.210. The number of rotatable bonds is 17. The predicted octanol–water partition coefficient (Wildman–Crippen LogP) is 7.75. The fraction of sp³-hybridized carbons (Fsp3) is 1.00. The maximum absolute atomic E-state index is 10.2. The van der Waals surface area contributed by atoms with E-state index in [0.29, 0.717) is 0 Å². The van der Waals surface area contributed by atoms with Crippen LogP contribution in [0.5, 0.6) is 0 Å². The number of hydrogen-bond donors (Lipinski definition) is 2. The minimum Gasteiger partial charge on any atom is -0.376 e. The van der Waals surface area contributed by atoms with Gasteiger partial charge >= 0.3 is 0 Å². The molecule has 0 aromatic rings. The second-order valence-electron chi connectivity index (χ2n) is 9.23. The quantitative estimate of drug-likeness (QED) is 0.196. The normalized spacial score (nSPS) is 14.1. The summed E-state index contributed by atoms with van der Waals surface area (Å²) >= 11 is 0. The van der Waals surface area contributed by atoms with Gasteiger partial charge in [0.05, 0.1) is 0 Å². The second kappa shape index (κ2) is 17.3. The van der Waals surface area contributed by atoms with Gasteiger partial charge in [0.2, 0.25) is 0 Å². The van der Waals surface area contributed by atoms with Gasteiger partial charge in [0.1, 0.15) is 5.72 Å². The maximum Gasteiger partial charge on any atom is 0.118 e. The van der Waals surface area contributed by atoms with Gasteiger partial charge < -0.3 is 10.8 Å². The molecule has 0 fully saturated rings. The van der Waals surface area contributed by atoms with Gasteiger partial charge in [-0.1, -0.05) is 124 Å². The largest absolute Gasteiger partial charge is 0.376 e. The zero-order chi connectivity index (χ0) is 19.0. The molecular weight excluding hydrogens is 342 g/mol. The molecule has 0 rings (SSSR count). The van der Waals surface area contributed by atoms with Crippen molar-refractivity contribution in [3.05, 3.63) is 0 Å². The lowest BCUT2D eigenvalue weighted by atomic mass is 9.80.